The zero-order valence-electron chi connectivity index (χ0n) is 18.5. The number of ether oxygens (including phenoxy) is 1. The number of nitrogens with zero attached hydrogens (tertiary/aromatic N) is 3. The summed E-state index contributed by atoms with van der Waals surface area (Å²) in [6, 6.07) is 5.38. The van der Waals surface area contributed by atoms with Gasteiger partial charge in [0.2, 0.25) is 0 Å². The third-order valence-electron chi connectivity index (χ3n) is 4.77. The van der Waals surface area contributed by atoms with E-state index in [9.17, 15) is 14.4 Å². The molecule has 2 aromatic heterocycles. The summed E-state index contributed by atoms with van der Waals surface area (Å²) in [6.45, 7) is 5.34. The maximum Gasteiger partial charge on any atom is 0.435 e. The number of carbonyl (C=O) groups is 3. The van der Waals surface area contributed by atoms with Gasteiger partial charge in [-0.3, -0.25) is 19.9 Å². The molecule has 1 N–H and O–H groups in total. The van der Waals surface area contributed by atoms with Crippen LogP contribution in [-0.4, -0.2) is 37.6 Å². The maximum absolute atomic E-state index is 12.4. The van der Waals surface area contributed by atoms with Crippen molar-refractivity contribution >= 4 is 63.1 Å². The molecule has 1 aromatic carbocycles. The van der Waals surface area contributed by atoms with Crippen molar-refractivity contribution in [2.45, 2.75) is 39.2 Å². The zero-order chi connectivity index (χ0) is 24.6. The van der Waals surface area contributed by atoms with E-state index in [1.54, 1.807) is 45.3 Å². The van der Waals surface area contributed by atoms with Gasteiger partial charge in [0, 0.05) is 22.8 Å². The van der Waals surface area contributed by atoms with Gasteiger partial charge in [-0.05, 0) is 63.1 Å². The van der Waals surface area contributed by atoms with Crippen molar-refractivity contribution in [1.82, 2.24) is 20.1 Å². The number of hydrogen-bond acceptors (Lipinski definition) is 7. The van der Waals surface area contributed by atoms with E-state index < -0.39 is 17.6 Å². The monoisotopic (exact) mass is 518 g/mol. The molecule has 0 spiro atoms. The van der Waals surface area contributed by atoms with Gasteiger partial charge in [-0.2, -0.15) is 9.78 Å². The smallest absolute Gasteiger partial charge is 0.435 e. The highest BCUT2D eigenvalue weighted by atomic mass is 35.5. The molecular formula is C23H20Cl2N4O4S. The molecule has 0 aliphatic carbocycles. The van der Waals surface area contributed by atoms with Gasteiger partial charge in [0.15, 0.2) is 0 Å². The number of thioether (sulfide) groups is 1. The van der Waals surface area contributed by atoms with Crippen LogP contribution < -0.4 is 5.32 Å². The highest BCUT2D eigenvalue weighted by Gasteiger charge is 2.24. The van der Waals surface area contributed by atoms with Gasteiger partial charge in [-0.15, -0.1) is 0 Å². The highest BCUT2D eigenvalue weighted by molar-refractivity contribution is 8.18. The van der Waals surface area contributed by atoms with Gasteiger partial charge in [0.1, 0.15) is 5.60 Å². The number of pyridine rings is 1. The van der Waals surface area contributed by atoms with Crippen LogP contribution in [0.25, 0.3) is 22.0 Å². The molecule has 0 atom stereocenters. The minimum absolute atomic E-state index is 0.316. The van der Waals surface area contributed by atoms with Crippen LogP contribution in [0.3, 0.4) is 0 Å². The molecule has 1 aliphatic rings. The standard InChI is InChI=1S/C23H20Cl2N4O4S/c1-23(2,3)33-22(32)29-11-12(10-26-29)15-9-13(5-4-6-17-20(30)28-21(31)34-17)27-19-14(15)7-8-16(24)18(19)25/h6-11H,4-5H2,1-3H3,(H,28,30,31)/b17-6+. The molecule has 0 radical (unpaired) electrons. The van der Waals surface area contributed by atoms with Crippen molar-refractivity contribution in [2.24, 2.45) is 0 Å². The number of fused-ring (bicyclic) bond motifs is 1. The number of carbonyl (C=O) groups excluding carboxylic acids is 3. The third kappa shape index (κ3) is 5.27. The molecule has 0 bridgehead atoms. The van der Waals surface area contributed by atoms with Gasteiger partial charge >= 0.3 is 6.09 Å². The van der Waals surface area contributed by atoms with Crippen molar-refractivity contribution in [3.05, 3.63) is 57.3 Å². The minimum Gasteiger partial charge on any atom is -0.442 e. The first kappa shape index (κ1) is 24.3. The summed E-state index contributed by atoms with van der Waals surface area (Å²) in [7, 11) is 0. The number of halogens is 2. The van der Waals surface area contributed by atoms with Crippen molar-refractivity contribution in [1.29, 1.82) is 0 Å². The summed E-state index contributed by atoms with van der Waals surface area (Å²) in [5.41, 5.74) is 2.00. The molecule has 8 nitrogen and oxygen atoms in total. The third-order valence-corrected chi connectivity index (χ3v) is 6.43. The summed E-state index contributed by atoms with van der Waals surface area (Å²) in [5.74, 6) is -0.397. The number of imide groups is 1. The summed E-state index contributed by atoms with van der Waals surface area (Å²) >= 11 is 13.6. The van der Waals surface area contributed by atoms with Gasteiger partial charge in [-0.1, -0.05) is 35.3 Å². The lowest BCUT2D eigenvalue weighted by Gasteiger charge is -2.18. The summed E-state index contributed by atoms with van der Waals surface area (Å²) in [6.07, 6.45) is 5.23. The number of aromatic nitrogens is 3. The van der Waals surface area contributed by atoms with Crippen molar-refractivity contribution in [3.8, 4) is 11.1 Å². The molecule has 11 heteroatoms. The predicted octanol–water partition coefficient (Wildman–Crippen LogP) is 5.99. The molecule has 176 valence electrons. The normalized spacial score (nSPS) is 15.3. The molecule has 0 saturated carbocycles. The number of benzene rings is 1. The Labute approximate surface area is 209 Å². The van der Waals surface area contributed by atoms with Gasteiger partial charge in [-0.25, -0.2) is 4.79 Å². The van der Waals surface area contributed by atoms with E-state index in [1.807, 2.05) is 12.1 Å². The average molecular weight is 519 g/mol. The predicted molar refractivity (Wildman–Crippen MR) is 132 cm³/mol. The topological polar surface area (TPSA) is 103 Å². The average Bonchev–Trinajstić information content (AvgIpc) is 3.36. The SMILES string of the molecule is CC(C)(C)OC(=O)n1cc(-c2cc(CC/C=C3/SC(=O)NC3=O)nc3c(Cl)c(Cl)ccc23)cn1. The fourth-order valence-corrected chi connectivity index (χ4v) is 4.38. The van der Waals surface area contributed by atoms with Crippen molar-refractivity contribution in [2.75, 3.05) is 0 Å². The zero-order valence-corrected chi connectivity index (χ0v) is 20.8. The number of amides is 2. The Morgan fingerprint density at radius 1 is 1.26 bits per heavy atom. The molecule has 34 heavy (non-hydrogen) atoms. The lowest BCUT2D eigenvalue weighted by molar-refractivity contribution is -0.115. The summed E-state index contributed by atoms with van der Waals surface area (Å²) in [5, 5.41) is 7.44. The molecule has 2 amide bonds. The van der Waals surface area contributed by atoms with Crippen LogP contribution in [-0.2, 0) is 16.0 Å². The van der Waals surface area contributed by atoms with E-state index in [1.165, 1.54) is 0 Å². The fraction of sp³-hybridized carbons (Fsp3) is 0.261. The van der Waals surface area contributed by atoms with E-state index >= 15 is 0 Å². The second-order valence-electron chi connectivity index (χ2n) is 8.52. The number of rotatable bonds is 4. The molecule has 1 aliphatic heterocycles. The quantitative estimate of drug-likeness (QED) is 0.423. The van der Waals surface area contributed by atoms with Gasteiger partial charge in [0.05, 0.1) is 26.7 Å². The Balaban J connectivity index is 1.70. The Bertz CT molecular complexity index is 1360. The van der Waals surface area contributed by atoms with Gasteiger partial charge in [0.25, 0.3) is 11.1 Å². The van der Waals surface area contributed by atoms with Crippen LogP contribution in [0.1, 0.15) is 32.9 Å². The first-order chi connectivity index (χ1) is 16.0. The van der Waals surface area contributed by atoms with Crippen molar-refractivity contribution < 1.29 is 19.1 Å². The number of allylic oxidation sites excluding steroid dienone is 1. The lowest BCUT2D eigenvalue weighted by Crippen LogP contribution is -2.27. The van der Waals surface area contributed by atoms with Gasteiger partial charge < -0.3 is 4.74 Å². The lowest BCUT2D eigenvalue weighted by atomic mass is 10.0. The van der Waals surface area contributed by atoms with Crippen LogP contribution in [0.2, 0.25) is 10.0 Å². The van der Waals surface area contributed by atoms with E-state index in [0.29, 0.717) is 44.6 Å². The second kappa shape index (κ2) is 9.40. The highest BCUT2D eigenvalue weighted by Crippen LogP contribution is 2.36. The summed E-state index contributed by atoms with van der Waals surface area (Å²) in [4.78, 5) is 40.6. The Hall–Kier alpha value is -2.88. The molecule has 3 aromatic rings. The summed E-state index contributed by atoms with van der Waals surface area (Å²) < 4.78 is 6.52. The van der Waals surface area contributed by atoms with E-state index in [0.717, 1.165) is 27.4 Å². The number of nitrogens with one attached hydrogen (secondary N) is 1. The maximum atomic E-state index is 12.4. The van der Waals surface area contributed by atoms with Crippen LogP contribution in [0.15, 0.2) is 41.6 Å². The number of hydrogen-bond donors (Lipinski definition) is 1. The van der Waals surface area contributed by atoms with Crippen LogP contribution in [0.5, 0.6) is 0 Å². The van der Waals surface area contributed by atoms with Crippen LogP contribution >= 0.6 is 35.0 Å². The first-order valence-corrected chi connectivity index (χ1v) is 11.9. The fourth-order valence-electron chi connectivity index (χ4n) is 3.34. The molecule has 1 fully saturated rings. The van der Waals surface area contributed by atoms with Crippen molar-refractivity contribution in [3.63, 3.8) is 0 Å². The first-order valence-electron chi connectivity index (χ1n) is 10.3. The molecular weight excluding hydrogens is 499 g/mol. The van der Waals surface area contributed by atoms with E-state index in [2.05, 4.69) is 15.4 Å². The van der Waals surface area contributed by atoms with E-state index in [-0.39, 0.29) is 5.24 Å². The van der Waals surface area contributed by atoms with Crippen LogP contribution in [0.4, 0.5) is 9.59 Å². The Morgan fingerprint density at radius 2 is 2.03 bits per heavy atom. The molecule has 4 rings (SSSR count). The Kier molecular flexibility index (Phi) is 6.71. The van der Waals surface area contributed by atoms with Crippen LogP contribution in [0, 0.1) is 0 Å². The molecule has 3 heterocycles. The largest absolute Gasteiger partial charge is 0.442 e. The van der Waals surface area contributed by atoms with E-state index in [4.69, 9.17) is 27.9 Å². The minimum atomic E-state index is -0.655. The number of aryl methyl sites for hydroxylation is 1. The molecule has 0 unspecified atom stereocenters. The molecule has 1 saturated heterocycles. The second-order valence-corrected chi connectivity index (χ2v) is 10.3. The Morgan fingerprint density at radius 3 is 2.71 bits per heavy atom.